The Labute approximate surface area is 335 Å². The van der Waals surface area contributed by atoms with Crippen LogP contribution in [0.1, 0.15) is 129 Å². The van der Waals surface area contributed by atoms with E-state index in [9.17, 15) is 19.5 Å². The van der Waals surface area contributed by atoms with Crippen LogP contribution < -0.4 is 5.11 Å². The van der Waals surface area contributed by atoms with Gasteiger partial charge in [-0.05, 0) is 89.9 Å². The number of hydrogen-bond donors (Lipinski definition) is 0. The monoisotopic (exact) mass is 766 g/mol. The maximum Gasteiger partial charge on any atom is 0.306 e. The minimum atomic E-state index is -1.14. The highest BCUT2D eigenvalue weighted by atomic mass is 16.6. The van der Waals surface area contributed by atoms with E-state index < -0.39 is 18.1 Å². The summed E-state index contributed by atoms with van der Waals surface area (Å²) in [4.78, 5) is 36.7. The number of hydrogen-bond acceptors (Lipinski definition) is 7. The minimum Gasteiger partial charge on any atom is -0.544 e. The molecule has 0 radical (unpaired) electrons. The fourth-order valence-corrected chi connectivity index (χ4v) is 5.29. The van der Waals surface area contributed by atoms with Gasteiger partial charge in [0, 0.05) is 19.3 Å². The molecule has 0 aromatic rings. The first-order valence-electron chi connectivity index (χ1n) is 20.8. The Morgan fingerprint density at radius 3 is 1.42 bits per heavy atom. The molecule has 0 aliphatic heterocycles. The first kappa shape index (κ1) is 51.2. The lowest BCUT2D eigenvalue weighted by molar-refractivity contribution is -0.889. The second-order valence-corrected chi connectivity index (χ2v) is 14.5. The number of rotatable bonds is 35. The van der Waals surface area contributed by atoms with Gasteiger partial charge in [-0.2, -0.15) is 0 Å². The van der Waals surface area contributed by atoms with Gasteiger partial charge in [-0.3, -0.25) is 9.59 Å². The van der Waals surface area contributed by atoms with Crippen LogP contribution in [0.5, 0.6) is 0 Å². The van der Waals surface area contributed by atoms with E-state index in [0.717, 1.165) is 89.9 Å². The largest absolute Gasteiger partial charge is 0.544 e. The average molecular weight is 766 g/mol. The van der Waals surface area contributed by atoms with Crippen LogP contribution in [0.3, 0.4) is 0 Å². The minimum absolute atomic E-state index is 0.00761. The number of carboxylic acids is 1. The third-order valence-corrected chi connectivity index (χ3v) is 8.47. The van der Waals surface area contributed by atoms with Gasteiger partial charge in [0.2, 0.25) is 0 Å². The van der Waals surface area contributed by atoms with Crippen LogP contribution in [0.25, 0.3) is 0 Å². The highest BCUT2D eigenvalue weighted by molar-refractivity contribution is 5.70. The number of carbonyl (C=O) groups is 3. The Morgan fingerprint density at radius 1 is 0.545 bits per heavy atom. The van der Waals surface area contributed by atoms with Crippen molar-refractivity contribution < 1.29 is 38.2 Å². The second kappa shape index (κ2) is 37.2. The summed E-state index contributed by atoms with van der Waals surface area (Å²) in [6.45, 7) is 4.32. The molecule has 0 rings (SSSR count). The molecular formula is C47H75NO7. The summed E-state index contributed by atoms with van der Waals surface area (Å²) in [6, 6.07) is -0.743. The zero-order valence-electron chi connectivity index (χ0n) is 35.0. The molecule has 8 heteroatoms. The standard InChI is InChI=1S/C47H75NO7/c1-6-8-10-12-14-16-18-20-21-22-23-24-25-26-28-29-31-33-35-37-45(49)54-42-43(41-53-40-39-44(47(51)52)48(3,4)5)55-46(50)38-36-34-32-30-27-19-17-15-13-11-9-7-2/h8-11,14-17,20-21,23-24,26-28,30,43-44H,6-7,12-13,18-19,22,25,29,31-42H2,1-5H3/b10-8+,11-9+,16-14+,17-15+,21-20+,24-23+,28-26+,30-27+. The van der Waals surface area contributed by atoms with E-state index in [1.54, 1.807) is 21.1 Å². The van der Waals surface area contributed by atoms with E-state index in [-0.39, 0.29) is 49.1 Å². The van der Waals surface area contributed by atoms with Gasteiger partial charge in [0.25, 0.3) is 0 Å². The Bertz CT molecular complexity index is 1220. The summed E-state index contributed by atoms with van der Waals surface area (Å²) in [5.41, 5.74) is 0. The van der Waals surface area contributed by atoms with Crippen LogP contribution in [0.4, 0.5) is 0 Å². The van der Waals surface area contributed by atoms with Gasteiger partial charge >= 0.3 is 11.9 Å². The molecule has 0 heterocycles. The van der Waals surface area contributed by atoms with Crippen LogP contribution in [0.2, 0.25) is 0 Å². The van der Waals surface area contributed by atoms with E-state index in [1.165, 1.54) is 0 Å². The molecule has 0 spiro atoms. The first-order chi connectivity index (χ1) is 26.6. The van der Waals surface area contributed by atoms with Crippen molar-refractivity contribution in [2.45, 2.75) is 142 Å². The van der Waals surface area contributed by atoms with Crippen LogP contribution in [-0.2, 0) is 28.6 Å². The second-order valence-electron chi connectivity index (χ2n) is 14.5. The third kappa shape index (κ3) is 35.7. The van der Waals surface area contributed by atoms with Gasteiger partial charge in [-0.25, -0.2) is 0 Å². The fraction of sp³-hybridized carbons (Fsp3) is 0.596. The molecule has 0 fully saturated rings. The molecule has 0 saturated heterocycles. The Morgan fingerprint density at radius 2 is 0.964 bits per heavy atom. The van der Waals surface area contributed by atoms with Crippen LogP contribution in [-0.4, -0.2) is 75.5 Å². The molecule has 0 bridgehead atoms. The Kier molecular flexibility index (Phi) is 34.7. The number of ether oxygens (including phenoxy) is 3. The van der Waals surface area contributed by atoms with Gasteiger partial charge < -0.3 is 28.6 Å². The summed E-state index contributed by atoms with van der Waals surface area (Å²) < 4.78 is 17.0. The molecule has 0 aliphatic rings. The molecule has 2 unspecified atom stereocenters. The van der Waals surface area contributed by atoms with Crippen molar-refractivity contribution in [1.82, 2.24) is 0 Å². The predicted octanol–water partition coefficient (Wildman–Crippen LogP) is 9.79. The van der Waals surface area contributed by atoms with Crippen molar-refractivity contribution in [3.63, 3.8) is 0 Å². The lowest BCUT2D eigenvalue weighted by atomic mass is 10.1. The normalized spacial score (nSPS) is 14.0. The van der Waals surface area contributed by atoms with Gasteiger partial charge in [0.15, 0.2) is 6.10 Å². The van der Waals surface area contributed by atoms with E-state index in [4.69, 9.17) is 14.2 Å². The molecular weight excluding hydrogens is 691 g/mol. The lowest BCUT2D eigenvalue weighted by Gasteiger charge is -2.34. The Hall–Kier alpha value is -3.75. The zero-order chi connectivity index (χ0) is 40.7. The molecule has 8 nitrogen and oxygen atoms in total. The van der Waals surface area contributed by atoms with Crippen molar-refractivity contribution in [3.8, 4) is 0 Å². The molecule has 0 saturated carbocycles. The maximum atomic E-state index is 12.6. The summed E-state index contributed by atoms with van der Waals surface area (Å²) in [6.07, 6.45) is 48.7. The molecule has 55 heavy (non-hydrogen) atoms. The van der Waals surface area contributed by atoms with Gasteiger partial charge in [-0.15, -0.1) is 0 Å². The molecule has 2 atom stereocenters. The zero-order valence-corrected chi connectivity index (χ0v) is 35.0. The number of likely N-dealkylation sites (N-methyl/N-ethyl adjacent to an activating group) is 1. The average Bonchev–Trinajstić information content (AvgIpc) is 3.14. The van der Waals surface area contributed by atoms with Gasteiger partial charge in [-0.1, -0.05) is 117 Å². The molecule has 0 aromatic carbocycles. The molecule has 0 amide bonds. The molecule has 0 N–H and O–H groups in total. The fourth-order valence-electron chi connectivity index (χ4n) is 5.29. The van der Waals surface area contributed by atoms with Crippen molar-refractivity contribution in [2.24, 2.45) is 0 Å². The lowest BCUT2D eigenvalue weighted by Crippen LogP contribution is -2.55. The Balaban J connectivity index is 4.48. The highest BCUT2D eigenvalue weighted by Gasteiger charge is 2.25. The first-order valence-corrected chi connectivity index (χ1v) is 20.8. The number of nitrogens with zero attached hydrogens (tertiary/aromatic N) is 1. The number of quaternary nitrogens is 1. The number of allylic oxidation sites excluding steroid dienone is 16. The molecule has 0 aliphatic carbocycles. The topological polar surface area (TPSA) is 102 Å². The van der Waals surface area contributed by atoms with Gasteiger partial charge in [0.05, 0.1) is 40.3 Å². The summed E-state index contributed by atoms with van der Waals surface area (Å²) in [5, 5.41) is 11.6. The molecule has 0 aromatic heterocycles. The number of unbranched alkanes of at least 4 members (excludes halogenated alkanes) is 5. The van der Waals surface area contributed by atoms with E-state index in [2.05, 4.69) is 111 Å². The summed E-state index contributed by atoms with van der Waals surface area (Å²) in [7, 11) is 5.36. The summed E-state index contributed by atoms with van der Waals surface area (Å²) in [5.74, 6) is -1.85. The van der Waals surface area contributed by atoms with Crippen molar-refractivity contribution in [2.75, 3.05) is 41.0 Å². The maximum absolute atomic E-state index is 12.6. The van der Waals surface area contributed by atoms with Crippen LogP contribution >= 0.6 is 0 Å². The summed E-state index contributed by atoms with van der Waals surface area (Å²) >= 11 is 0. The van der Waals surface area contributed by atoms with Crippen LogP contribution in [0, 0.1) is 0 Å². The third-order valence-electron chi connectivity index (χ3n) is 8.47. The number of carboxylic acid groups (broad SMARTS) is 1. The smallest absolute Gasteiger partial charge is 0.306 e. The quantitative estimate of drug-likeness (QED) is 0.0274. The van der Waals surface area contributed by atoms with Gasteiger partial charge in [0.1, 0.15) is 12.6 Å². The number of aliphatic carboxylic acids is 1. The van der Waals surface area contributed by atoms with Crippen LogP contribution in [0.15, 0.2) is 97.2 Å². The molecule has 310 valence electrons. The number of carbonyl (C=O) groups excluding carboxylic acids is 3. The number of esters is 2. The van der Waals surface area contributed by atoms with Crippen molar-refractivity contribution in [3.05, 3.63) is 97.2 Å². The van der Waals surface area contributed by atoms with E-state index in [0.29, 0.717) is 12.8 Å². The SMILES string of the molecule is CC/C=C/C/C=C/C/C=C/C/C=C/C/C=C/CCCCCC(=O)OCC(COCCC(C(=O)[O-])[N+](C)(C)C)OC(=O)CCCC/C=C/C/C=C/C/C=C/CC. The van der Waals surface area contributed by atoms with Crippen molar-refractivity contribution >= 4 is 17.9 Å². The highest BCUT2D eigenvalue weighted by Crippen LogP contribution is 2.11. The van der Waals surface area contributed by atoms with E-state index in [1.807, 2.05) is 0 Å². The predicted molar refractivity (Wildman–Crippen MR) is 226 cm³/mol. The van der Waals surface area contributed by atoms with E-state index >= 15 is 0 Å². The van der Waals surface area contributed by atoms with Crippen molar-refractivity contribution in [1.29, 1.82) is 0 Å².